The number of amides is 1. The molecule has 2 aliphatic rings. The van der Waals surface area contributed by atoms with Crippen molar-refractivity contribution in [2.24, 2.45) is 17.3 Å². The van der Waals surface area contributed by atoms with Gasteiger partial charge in [0.2, 0.25) is 6.41 Å². The molecule has 18 heavy (non-hydrogen) atoms. The van der Waals surface area contributed by atoms with Gasteiger partial charge in [-0.2, -0.15) is 0 Å². The molecular weight excluding hydrogens is 222 g/mol. The highest BCUT2D eigenvalue weighted by molar-refractivity contribution is 5.48. The van der Waals surface area contributed by atoms with E-state index in [0.717, 1.165) is 18.4 Å². The fraction of sp³-hybridized carbons (Fsp3) is 0.688. The fourth-order valence-electron chi connectivity index (χ4n) is 4.35. The maximum atomic E-state index is 10.8. The van der Waals surface area contributed by atoms with E-state index in [-0.39, 0.29) is 6.04 Å². The summed E-state index contributed by atoms with van der Waals surface area (Å²) in [5.41, 5.74) is 2.86. The van der Waals surface area contributed by atoms with Crippen LogP contribution in [-0.4, -0.2) is 12.5 Å². The predicted molar refractivity (Wildman–Crippen MR) is 75.1 cm³/mol. The van der Waals surface area contributed by atoms with Crippen LogP contribution in [0.25, 0.3) is 0 Å². The number of fused-ring (bicyclic) bond motifs is 1. The minimum absolute atomic E-state index is 0.115. The summed E-state index contributed by atoms with van der Waals surface area (Å²) in [7, 11) is 0. The molecule has 0 aliphatic heterocycles. The van der Waals surface area contributed by atoms with Gasteiger partial charge in [-0.1, -0.05) is 31.2 Å². The molecule has 2 saturated carbocycles. The van der Waals surface area contributed by atoms with Crippen LogP contribution in [0.15, 0.2) is 24.3 Å². The standard InChI is InChI=1S/C16H25NO/c1-11(2)15(17-10-18)13-7-9-16(4)8-5-6-12(3)14(13)16/h10,13-15H,1,3,5-9H2,2,4H3,(H,17,18)/t13-,14+,15+,16-/m0/s1. The largest absolute Gasteiger partial charge is 0.352 e. The Labute approximate surface area is 111 Å². The summed E-state index contributed by atoms with van der Waals surface area (Å²) in [5, 5.41) is 2.97. The lowest BCUT2D eigenvalue weighted by Gasteiger charge is -2.42. The van der Waals surface area contributed by atoms with E-state index in [9.17, 15) is 4.79 Å². The Morgan fingerprint density at radius 3 is 2.89 bits per heavy atom. The van der Waals surface area contributed by atoms with Crippen molar-refractivity contribution in [2.75, 3.05) is 0 Å². The minimum Gasteiger partial charge on any atom is -0.352 e. The molecule has 0 radical (unpaired) electrons. The maximum absolute atomic E-state index is 10.8. The zero-order chi connectivity index (χ0) is 13.3. The third-order valence-corrected chi connectivity index (χ3v) is 5.12. The van der Waals surface area contributed by atoms with Crippen LogP contribution in [0.3, 0.4) is 0 Å². The van der Waals surface area contributed by atoms with Crippen molar-refractivity contribution in [1.29, 1.82) is 0 Å². The number of rotatable bonds is 4. The molecule has 2 fully saturated rings. The minimum atomic E-state index is 0.115. The first-order valence-corrected chi connectivity index (χ1v) is 7.02. The van der Waals surface area contributed by atoms with Gasteiger partial charge in [-0.15, -0.1) is 0 Å². The molecular formula is C16H25NO. The Bertz CT molecular complexity index is 373. The van der Waals surface area contributed by atoms with Crippen LogP contribution < -0.4 is 5.32 Å². The summed E-state index contributed by atoms with van der Waals surface area (Å²) in [4.78, 5) is 10.8. The van der Waals surface area contributed by atoms with Crippen LogP contribution in [0.5, 0.6) is 0 Å². The number of allylic oxidation sites excluding steroid dienone is 1. The topological polar surface area (TPSA) is 29.1 Å². The van der Waals surface area contributed by atoms with E-state index in [0.29, 0.717) is 17.3 Å². The summed E-state index contributed by atoms with van der Waals surface area (Å²) in [5.74, 6) is 1.05. The van der Waals surface area contributed by atoms with Crippen molar-refractivity contribution >= 4 is 6.41 Å². The number of carbonyl (C=O) groups excluding carboxylic acids is 1. The lowest BCUT2D eigenvalue weighted by molar-refractivity contribution is -0.110. The summed E-state index contributed by atoms with van der Waals surface area (Å²) >= 11 is 0. The molecule has 0 aromatic carbocycles. The van der Waals surface area contributed by atoms with Crippen LogP contribution >= 0.6 is 0 Å². The van der Waals surface area contributed by atoms with Crippen molar-refractivity contribution in [3.63, 3.8) is 0 Å². The Morgan fingerprint density at radius 1 is 1.56 bits per heavy atom. The number of hydrogen-bond donors (Lipinski definition) is 1. The van der Waals surface area contributed by atoms with E-state index in [1.54, 1.807) is 0 Å². The van der Waals surface area contributed by atoms with Crippen LogP contribution in [0, 0.1) is 17.3 Å². The van der Waals surface area contributed by atoms with Gasteiger partial charge in [0.15, 0.2) is 0 Å². The van der Waals surface area contributed by atoms with Gasteiger partial charge >= 0.3 is 0 Å². The van der Waals surface area contributed by atoms with Gasteiger partial charge in [0, 0.05) is 0 Å². The van der Waals surface area contributed by atoms with Crippen LogP contribution in [0.2, 0.25) is 0 Å². The van der Waals surface area contributed by atoms with Crippen molar-refractivity contribution in [1.82, 2.24) is 5.32 Å². The van der Waals surface area contributed by atoms with E-state index >= 15 is 0 Å². The molecule has 2 heteroatoms. The van der Waals surface area contributed by atoms with Crippen LogP contribution in [-0.2, 0) is 4.79 Å². The monoisotopic (exact) mass is 247 g/mol. The maximum Gasteiger partial charge on any atom is 0.207 e. The van der Waals surface area contributed by atoms with Gasteiger partial charge in [-0.05, 0) is 56.3 Å². The molecule has 100 valence electrons. The van der Waals surface area contributed by atoms with E-state index in [4.69, 9.17) is 0 Å². The molecule has 2 rings (SSSR count). The van der Waals surface area contributed by atoms with E-state index in [2.05, 4.69) is 25.4 Å². The first kappa shape index (κ1) is 13.4. The Balaban J connectivity index is 2.25. The van der Waals surface area contributed by atoms with Gasteiger partial charge < -0.3 is 5.32 Å². The predicted octanol–water partition coefficient (Wildman–Crippen LogP) is 3.45. The molecule has 2 nitrogen and oxygen atoms in total. The summed E-state index contributed by atoms with van der Waals surface area (Å²) in [6, 6.07) is 0.115. The lowest BCUT2D eigenvalue weighted by atomic mass is 9.64. The zero-order valence-electron chi connectivity index (χ0n) is 11.7. The highest BCUT2D eigenvalue weighted by atomic mass is 16.1. The molecule has 2 aliphatic carbocycles. The molecule has 0 unspecified atom stereocenters. The van der Waals surface area contributed by atoms with Crippen molar-refractivity contribution in [2.45, 2.75) is 52.0 Å². The third kappa shape index (κ3) is 2.13. The molecule has 1 amide bonds. The Kier molecular flexibility index (Phi) is 3.65. The number of carbonyl (C=O) groups is 1. The van der Waals surface area contributed by atoms with Crippen molar-refractivity contribution in [3.8, 4) is 0 Å². The van der Waals surface area contributed by atoms with Crippen molar-refractivity contribution < 1.29 is 4.79 Å². The average Bonchev–Trinajstić information content (AvgIpc) is 2.64. The van der Waals surface area contributed by atoms with Crippen molar-refractivity contribution in [3.05, 3.63) is 24.3 Å². The van der Waals surface area contributed by atoms with Gasteiger partial charge in [-0.25, -0.2) is 0 Å². The number of nitrogens with one attached hydrogen (secondary N) is 1. The first-order valence-electron chi connectivity index (χ1n) is 7.02. The molecule has 0 aromatic heterocycles. The third-order valence-electron chi connectivity index (χ3n) is 5.12. The highest BCUT2D eigenvalue weighted by Crippen LogP contribution is 2.57. The second kappa shape index (κ2) is 4.91. The van der Waals surface area contributed by atoms with Gasteiger partial charge in [0.05, 0.1) is 6.04 Å². The molecule has 0 saturated heterocycles. The first-order chi connectivity index (χ1) is 8.49. The summed E-state index contributed by atoms with van der Waals surface area (Å²) < 4.78 is 0. The fourth-order valence-corrected chi connectivity index (χ4v) is 4.35. The van der Waals surface area contributed by atoms with Gasteiger partial charge in [0.25, 0.3) is 0 Å². The molecule has 0 bridgehead atoms. The second-order valence-corrected chi connectivity index (χ2v) is 6.45. The smallest absolute Gasteiger partial charge is 0.207 e. The Hall–Kier alpha value is -1.05. The second-order valence-electron chi connectivity index (χ2n) is 6.45. The van der Waals surface area contributed by atoms with E-state index in [1.165, 1.54) is 31.3 Å². The van der Waals surface area contributed by atoms with Gasteiger partial charge in [-0.3, -0.25) is 4.79 Å². The molecule has 1 N–H and O–H groups in total. The van der Waals surface area contributed by atoms with Crippen LogP contribution in [0.4, 0.5) is 0 Å². The summed E-state index contributed by atoms with van der Waals surface area (Å²) in [6.45, 7) is 12.8. The average molecular weight is 247 g/mol. The number of hydrogen-bond acceptors (Lipinski definition) is 1. The molecule has 0 spiro atoms. The quantitative estimate of drug-likeness (QED) is 0.598. The Morgan fingerprint density at radius 2 is 2.28 bits per heavy atom. The summed E-state index contributed by atoms with van der Waals surface area (Å²) in [6.07, 6.45) is 6.99. The van der Waals surface area contributed by atoms with Gasteiger partial charge in [0.1, 0.15) is 0 Å². The zero-order valence-corrected chi connectivity index (χ0v) is 11.7. The lowest BCUT2D eigenvalue weighted by Crippen LogP contribution is -2.42. The highest BCUT2D eigenvalue weighted by Gasteiger charge is 2.50. The normalized spacial score (nSPS) is 36.9. The van der Waals surface area contributed by atoms with Crippen LogP contribution in [0.1, 0.15) is 46.0 Å². The van der Waals surface area contributed by atoms with E-state index in [1.807, 2.05) is 6.92 Å². The van der Waals surface area contributed by atoms with E-state index < -0.39 is 0 Å². The molecule has 0 aromatic rings. The molecule has 0 heterocycles. The SMILES string of the molecule is C=C(C)[C@@H](NC=O)[C@H]1CC[C@]2(C)CCCC(=C)[C@H]12. The molecule has 4 atom stereocenters.